The highest BCUT2D eigenvalue weighted by molar-refractivity contribution is 7.08. The molecule has 6 heteroatoms. The van der Waals surface area contributed by atoms with Gasteiger partial charge in [0.1, 0.15) is 4.88 Å². The molecule has 0 saturated carbocycles. The average Bonchev–Trinajstić information content (AvgIpc) is 2.50. The molecule has 1 aromatic heterocycles. The first-order valence-electron chi connectivity index (χ1n) is 4.13. The Labute approximate surface area is 86.6 Å². The van der Waals surface area contributed by atoms with Crippen LogP contribution in [0.1, 0.15) is 36.1 Å². The molecular weight excluding hydrogens is 202 g/mol. The lowest BCUT2D eigenvalue weighted by Gasteiger charge is -2.15. The lowest BCUT2D eigenvalue weighted by Crippen LogP contribution is -2.25. The first kappa shape index (κ1) is 11.1. The van der Waals surface area contributed by atoms with Crippen LogP contribution in [-0.4, -0.2) is 22.6 Å². The van der Waals surface area contributed by atoms with Crippen molar-refractivity contribution in [1.29, 1.82) is 0 Å². The first-order valence-corrected chi connectivity index (χ1v) is 4.90. The zero-order valence-corrected chi connectivity index (χ0v) is 9.44. The smallest absolute Gasteiger partial charge is 0.277 e. The van der Waals surface area contributed by atoms with Gasteiger partial charge in [0.25, 0.3) is 5.91 Å². The maximum absolute atomic E-state index is 11.5. The number of nitrogens with zero attached hydrogens (tertiary/aromatic N) is 2. The maximum atomic E-state index is 11.5. The van der Waals surface area contributed by atoms with Crippen LogP contribution in [0, 0.1) is 0 Å². The Balaban J connectivity index is 2.99. The third-order valence-electron chi connectivity index (χ3n) is 1.60. The summed E-state index contributed by atoms with van der Waals surface area (Å²) in [5, 5.41) is 3.94. The van der Waals surface area contributed by atoms with Gasteiger partial charge in [0.2, 0.25) is 0 Å². The van der Waals surface area contributed by atoms with Crippen molar-refractivity contribution in [2.24, 2.45) is 0 Å². The fourth-order valence-electron chi connectivity index (χ4n) is 0.969. The second kappa shape index (κ2) is 4.02. The molecule has 78 valence electrons. The van der Waals surface area contributed by atoms with Gasteiger partial charge in [-0.3, -0.25) is 9.63 Å². The summed E-state index contributed by atoms with van der Waals surface area (Å²) in [4.78, 5) is 16.5. The summed E-state index contributed by atoms with van der Waals surface area (Å²) in [5.41, 5.74) is 2.76. The Bertz CT molecular complexity index is 330. The van der Waals surface area contributed by atoms with E-state index < -0.39 is 0 Å². The van der Waals surface area contributed by atoms with Crippen LogP contribution in [0.3, 0.4) is 0 Å². The normalized spacial score (nSPS) is 11.4. The van der Waals surface area contributed by atoms with E-state index in [2.05, 4.69) is 19.9 Å². The summed E-state index contributed by atoms with van der Waals surface area (Å²) in [6.07, 6.45) is 0. The minimum atomic E-state index is -0.299. The number of hydrogen-bond acceptors (Lipinski definition) is 5. The molecule has 0 unspecified atom stereocenters. The molecule has 14 heavy (non-hydrogen) atoms. The van der Waals surface area contributed by atoms with Crippen LogP contribution in [0.25, 0.3) is 0 Å². The van der Waals surface area contributed by atoms with Crippen LogP contribution in [0.4, 0.5) is 0 Å². The zero-order chi connectivity index (χ0) is 10.8. The summed E-state index contributed by atoms with van der Waals surface area (Å²) in [6, 6.07) is 0. The molecule has 0 spiro atoms. The third-order valence-corrected chi connectivity index (χ3v) is 2.32. The molecule has 1 rings (SSSR count). The molecule has 0 fully saturated rings. The standard InChI is InChI=1S/C8H13N3O2S/c1-8(2,3)6-5(14-11-9-6)7(12)10-13-4/h1-4H3,(H,10,12). The second-order valence-electron chi connectivity index (χ2n) is 3.84. The summed E-state index contributed by atoms with van der Waals surface area (Å²) < 4.78 is 3.77. The quantitative estimate of drug-likeness (QED) is 0.751. The van der Waals surface area contributed by atoms with Gasteiger partial charge in [0.05, 0.1) is 12.8 Å². The summed E-state index contributed by atoms with van der Waals surface area (Å²) in [7, 11) is 1.39. The maximum Gasteiger partial charge on any atom is 0.288 e. The predicted octanol–water partition coefficient (Wildman–Crippen LogP) is 1.13. The summed E-state index contributed by atoms with van der Waals surface area (Å²) in [5.74, 6) is -0.299. The molecule has 1 amide bonds. The molecule has 0 aliphatic heterocycles. The highest BCUT2D eigenvalue weighted by atomic mass is 32.1. The highest BCUT2D eigenvalue weighted by Crippen LogP contribution is 2.25. The fraction of sp³-hybridized carbons (Fsp3) is 0.625. The molecular formula is C8H13N3O2S. The number of carbonyl (C=O) groups is 1. The molecule has 0 bridgehead atoms. The molecule has 1 N–H and O–H groups in total. The predicted molar refractivity (Wildman–Crippen MR) is 53.1 cm³/mol. The lowest BCUT2D eigenvalue weighted by atomic mass is 9.91. The van der Waals surface area contributed by atoms with E-state index in [1.54, 1.807) is 0 Å². The van der Waals surface area contributed by atoms with E-state index in [4.69, 9.17) is 0 Å². The number of aromatic nitrogens is 2. The number of rotatable bonds is 2. The molecule has 0 saturated heterocycles. The van der Waals surface area contributed by atoms with E-state index in [1.165, 1.54) is 7.11 Å². The van der Waals surface area contributed by atoms with Crippen LogP contribution in [0.15, 0.2) is 0 Å². The number of hydroxylamine groups is 1. The molecule has 5 nitrogen and oxygen atoms in total. The monoisotopic (exact) mass is 215 g/mol. The zero-order valence-electron chi connectivity index (χ0n) is 8.62. The summed E-state index contributed by atoms with van der Waals surface area (Å²) in [6.45, 7) is 5.94. The van der Waals surface area contributed by atoms with E-state index in [0.717, 1.165) is 11.5 Å². The molecule has 0 radical (unpaired) electrons. The molecule has 1 heterocycles. The molecule has 1 aromatic rings. The minimum absolute atomic E-state index is 0.187. The molecule has 0 aliphatic rings. The Morgan fingerprint density at radius 2 is 2.14 bits per heavy atom. The second-order valence-corrected chi connectivity index (χ2v) is 4.59. The Morgan fingerprint density at radius 1 is 1.50 bits per heavy atom. The third kappa shape index (κ3) is 2.27. The Hall–Kier alpha value is -1.01. The van der Waals surface area contributed by atoms with E-state index in [1.807, 2.05) is 20.8 Å². The van der Waals surface area contributed by atoms with Crippen LogP contribution in [0.2, 0.25) is 0 Å². The Kier molecular flexibility index (Phi) is 3.17. The fourth-order valence-corrected chi connectivity index (χ4v) is 1.73. The van der Waals surface area contributed by atoms with Crippen molar-refractivity contribution in [2.75, 3.05) is 7.11 Å². The van der Waals surface area contributed by atoms with Crippen molar-refractivity contribution >= 4 is 17.4 Å². The average molecular weight is 215 g/mol. The van der Waals surface area contributed by atoms with Crippen molar-refractivity contribution in [2.45, 2.75) is 26.2 Å². The number of carbonyl (C=O) groups excluding carboxylic acids is 1. The topological polar surface area (TPSA) is 64.1 Å². The van der Waals surface area contributed by atoms with Crippen molar-refractivity contribution in [3.8, 4) is 0 Å². The van der Waals surface area contributed by atoms with E-state index in [0.29, 0.717) is 10.6 Å². The molecule has 0 aromatic carbocycles. The van der Waals surface area contributed by atoms with Gasteiger partial charge in [0, 0.05) is 5.41 Å². The number of hydrogen-bond donors (Lipinski definition) is 1. The van der Waals surface area contributed by atoms with Gasteiger partial charge in [-0.1, -0.05) is 25.3 Å². The SMILES string of the molecule is CONC(=O)c1snnc1C(C)(C)C. The van der Waals surface area contributed by atoms with E-state index >= 15 is 0 Å². The largest absolute Gasteiger partial charge is 0.288 e. The van der Waals surface area contributed by atoms with Gasteiger partial charge < -0.3 is 0 Å². The first-order chi connectivity index (χ1) is 6.46. The van der Waals surface area contributed by atoms with Gasteiger partial charge >= 0.3 is 0 Å². The van der Waals surface area contributed by atoms with Crippen LogP contribution >= 0.6 is 11.5 Å². The van der Waals surface area contributed by atoms with Crippen molar-refractivity contribution < 1.29 is 9.63 Å². The highest BCUT2D eigenvalue weighted by Gasteiger charge is 2.26. The number of amides is 1. The van der Waals surface area contributed by atoms with Crippen molar-refractivity contribution in [3.05, 3.63) is 10.6 Å². The molecule has 0 atom stereocenters. The van der Waals surface area contributed by atoms with E-state index in [9.17, 15) is 4.79 Å². The van der Waals surface area contributed by atoms with Crippen LogP contribution in [0.5, 0.6) is 0 Å². The van der Waals surface area contributed by atoms with E-state index in [-0.39, 0.29) is 11.3 Å². The van der Waals surface area contributed by atoms with Crippen molar-refractivity contribution in [1.82, 2.24) is 15.1 Å². The van der Waals surface area contributed by atoms with Gasteiger partial charge in [0.15, 0.2) is 0 Å². The van der Waals surface area contributed by atoms with Crippen LogP contribution < -0.4 is 5.48 Å². The Morgan fingerprint density at radius 3 is 2.64 bits per heavy atom. The van der Waals surface area contributed by atoms with Gasteiger partial charge in [-0.15, -0.1) is 5.10 Å². The van der Waals surface area contributed by atoms with Gasteiger partial charge in [-0.05, 0) is 11.5 Å². The summed E-state index contributed by atoms with van der Waals surface area (Å²) >= 11 is 1.07. The number of nitrogens with one attached hydrogen (secondary N) is 1. The molecule has 0 aliphatic carbocycles. The van der Waals surface area contributed by atoms with Gasteiger partial charge in [-0.25, -0.2) is 5.48 Å². The minimum Gasteiger partial charge on any atom is -0.277 e. The van der Waals surface area contributed by atoms with Gasteiger partial charge in [-0.2, -0.15) is 0 Å². The lowest BCUT2D eigenvalue weighted by molar-refractivity contribution is 0.0539. The van der Waals surface area contributed by atoms with Crippen molar-refractivity contribution in [3.63, 3.8) is 0 Å². The van der Waals surface area contributed by atoms with Crippen LogP contribution in [-0.2, 0) is 10.3 Å².